The zero-order chi connectivity index (χ0) is 21.5. The zero-order valence-electron chi connectivity index (χ0n) is 18.1. The summed E-state index contributed by atoms with van der Waals surface area (Å²) in [6, 6.07) is 13.6. The minimum atomic E-state index is -0.425. The number of fused-ring (bicyclic) bond motifs is 1. The molecule has 5 heteroatoms. The molecule has 3 rings (SSSR count). The number of amides is 2. The second-order valence-corrected chi connectivity index (χ2v) is 8.37. The van der Waals surface area contributed by atoms with Gasteiger partial charge in [-0.1, -0.05) is 51.3 Å². The largest absolute Gasteiger partial charge is 0.366 e. The van der Waals surface area contributed by atoms with Crippen LogP contribution in [0, 0.1) is 5.92 Å². The smallest absolute Gasteiger partial charge is 0.248 e. The average Bonchev–Trinajstić information content (AvgIpc) is 2.73. The fourth-order valence-electron chi connectivity index (χ4n) is 3.93. The zero-order valence-corrected chi connectivity index (χ0v) is 18.1. The van der Waals surface area contributed by atoms with E-state index in [0.717, 1.165) is 54.9 Å². The molecule has 5 nitrogen and oxygen atoms in total. The highest BCUT2D eigenvalue weighted by Gasteiger charge is 2.21. The van der Waals surface area contributed by atoms with Crippen LogP contribution in [0.5, 0.6) is 0 Å². The Bertz CT molecular complexity index is 874. The number of nitrogens with one attached hydrogen (secondary N) is 1. The van der Waals surface area contributed by atoms with Crippen LogP contribution in [0.1, 0.15) is 61.9 Å². The summed E-state index contributed by atoms with van der Waals surface area (Å²) in [6.45, 7) is 6.40. The molecule has 0 aliphatic carbocycles. The summed E-state index contributed by atoms with van der Waals surface area (Å²) in [5, 5.41) is 3.55. The van der Waals surface area contributed by atoms with E-state index in [4.69, 9.17) is 5.73 Å². The van der Waals surface area contributed by atoms with Crippen LogP contribution in [0.2, 0.25) is 0 Å². The van der Waals surface area contributed by atoms with Gasteiger partial charge in [0.2, 0.25) is 11.8 Å². The summed E-state index contributed by atoms with van der Waals surface area (Å²) in [5.41, 5.74) is 10.1. The van der Waals surface area contributed by atoms with E-state index in [9.17, 15) is 9.59 Å². The molecule has 0 fully saturated rings. The number of primary amides is 1. The van der Waals surface area contributed by atoms with Crippen molar-refractivity contribution < 1.29 is 9.59 Å². The van der Waals surface area contributed by atoms with Crippen LogP contribution < -0.4 is 16.0 Å². The first kappa shape index (κ1) is 22.0. The van der Waals surface area contributed by atoms with E-state index in [-0.39, 0.29) is 11.8 Å². The molecule has 0 unspecified atom stereocenters. The molecule has 0 bridgehead atoms. The Morgan fingerprint density at radius 3 is 2.30 bits per heavy atom. The highest BCUT2D eigenvalue weighted by molar-refractivity contribution is 5.96. The number of hydrogen-bond acceptors (Lipinski definition) is 3. The number of carbonyl (C=O) groups is 2. The van der Waals surface area contributed by atoms with Crippen molar-refractivity contribution in [2.75, 3.05) is 18.0 Å². The Morgan fingerprint density at radius 2 is 1.60 bits per heavy atom. The van der Waals surface area contributed by atoms with Crippen molar-refractivity contribution >= 4 is 17.5 Å². The number of anilines is 1. The monoisotopic (exact) mass is 407 g/mol. The summed E-state index contributed by atoms with van der Waals surface area (Å²) < 4.78 is 0. The van der Waals surface area contributed by atoms with Gasteiger partial charge in [0.15, 0.2) is 0 Å². The predicted molar refractivity (Wildman–Crippen MR) is 122 cm³/mol. The van der Waals surface area contributed by atoms with Gasteiger partial charge >= 0.3 is 0 Å². The fraction of sp³-hybridized carbons (Fsp3) is 0.440. The lowest BCUT2D eigenvalue weighted by atomic mass is 9.99. The van der Waals surface area contributed by atoms with E-state index < -0.39 is 5.91 Å². The van der Waals surface area contributed by atoms with E-state index in [2.05, 4.69) is 23.5 Å². The van der Waals surface area contributed by atoms with Crippen molar-refractivity contribution in [3.63, 3.8) is 0 Å². The standard InChI is InChI=1S/C25H33N3O2/c1-18(2)25(30)28-15-7-5-3-4-6-14-27-17-22-16-21(12-13-23(22)28)19-8-10-20(11-9-19)24(26)29/h8-13,16,18,27H,3-7,14-15,17H2,1-2H3,(H2,26,29). The van der Waals surface area contributed by atoms with E-state index in [0.29, 0.717) is 5.56 Å². The van der Waals surface area contributed by atoms with Gasteiger partial charge < -0.3 is 16.0 Å². The number of nitrogens with zero attached hydrogens (tertiary/aromatic N) is 1. The quantitative estimate of drug-likeness (QED) is 0.787. The van der Waals surface area contributed by atoms with Gasteiger partial charge in [-0.25, -0.2) is 0 Å². The van der Waals surface area contributed by atoms with E-state index in [1.54, 1.807) is 12.1 Å². The lowest BCUT2D eigenvalue weighted by molar-refractivity contribution is -0.121. The molecule has 3 N–H and O–H groups in total. The number of carbonyl (C=O) groups excluding carboxylic acids is 2. The number of hydrogen-bond donors (Lipinski definition) is 2. The molecular formula is C25H33N3O2. The van der Waals surface area contributed by atoms with Crippen LogP contribution in [0.15, 0.2) is 42.5 Å². The predicted octanol–water partition coefficient (Wildman–Crippen LogP) is 4.50. The van der Waals surface area contributed by atoms with Gasteiger partial charge in [0.05, 0.1) is 0 Å². The van der Waals surface area contributed by atoms with Gasteiger partial charge in [0.25, 0.3) is 0 Å². The molecule has 2 amide bonds. The second kappa shape index (κ2) is 10.4. The van der Waals surface area contributed by atoms with Crippen molar-refractivity contribution in [2.24, 2.45) is 11.7 Å². The first-order valence-electron chi connectivity index (χ1n) is 11.0. The summed E-state index contributed by atoms with van der Waals surface area (Å²) in [4.78, 5) is 26.3. The van der Waals surface area contributed by atoms with Gasteiger partial charge in [-0.05, 0) is 60.3 Å². The molecule has 0 atom stereocenters. The van der Waals surface area contributed by atoms with E-state index in [1.807, 2.05) is 30.9 Å². The fourth-order valence-corrected chi connectivity index (χ4v) is 3.93. The van der Waals surface area contributed by atoms with Crippen LogP contribution >= 0.6 is 0 Å². The normalized spacial score (nSPS) is 15.8. The van der Waals surface area contributed by atoms with Crippen LogP contribution in [0.3, 0.4) is 0 Å². The minimum absolute atomic E-state index is 0.0419. The molecule has 160 valence electrons. The van der Waals surface area contributed by atoms with Crippen LogP contribution in [-0.4, -0.2) is 24.9 Å². The maximum atomic E-state index is 13.0. The lowest BCUT2D eigenvalue weighted by Crippen LogP contribution is -2.36. The van der Waals surface area contributed by atoms with E-state index in [1.165, 1.54) is 19.3 Å². The molecular weight excluding hydrogens is 374 g/mol. The molecule has 30 heavy (non-hydrogen) atoms. The molecule has 0 aromatic heterocycles. The Balaban J connectivity index is 1.98. The van der Waals surface area contributed by atoms with Gasteiger partial charge in [0, 0.05) is 30.3 Å². The summed E-state index contributed by atoms with van der Waals surface area (Å²) >= 11 is 0. The highest BCUT2D eigenvalue weighted by Crippen LogP contribution is 2.30. The topological polar surface area (TPSA) is 75.4 Å². The minimum Gasteiger partial charge on any atom is -0.366 e. The van der Waals surface area contributed by atoms with Crippen LogP contribution in [0.25, 0.3) is 11.1 Å². The van der Waals surface area contributed by atoms with Gasteiger partial charge in [-0.3, -0.25) is 9.59 Å². The molecule has 1 aliphatic rings. The van der Waals surface area contributed by atoms with Crippen LogP contribution in [-0.2, 0) is 11.3 Å². The van der Waals surface area contributed by atoms with Crippen molar-refractivity contribution in [2.45, 2.75) is 52.5 Å². The van der Waals surface area contributed by atoms with Crippen molar-refractivity contribution in [1.29, 1.82) is 0 Å². The number of benzene rings is 2. The SMILES string of the molecule is CC(C)C(=O)N1CCCCCCCNCc2cc(-c3ccc(C(N)=O)cc3)ccc21. The Kier molecular flexibility index (Phi) is 7.63. The highest BCUT2D eigenvalue weighted by atomic mass is 16.2. The molecule has 0 saturated carbocycles. The van der Waals surface area contributed by atoms with Gasteiger partial charge in [0.1, 0.15) is 0 Å². The molecule has 0 radical (unpaired) electrons. The third kappa shape index (κ3) is 5.48. The van der Waals surface area contributed by atoms with Crippen molar-refractivity contribution in [1.82, 2.24) is 5.32 Å². The first-order chi connectivity index (χ1) is 14.5. The van der Waals surface area contributed by atoms with Gasteiger partial charge in [-0.2, -0.15) is 0 Å². The summed E-state index contributed by atoms with van der Waals surface area (Å²) in [6.07, 6.45) is 5.81. The number of rotatable bonds is 3. The molecule has 0 saturated heterocycles. The summed E-state index contributed by atoms with van der Waals surface area (Å²) in [7, 11) is 0. The molecule has 1 aliphatic heterocycles. The lowest BCUT2D eigenvalue weighted by Gasteiger charge is -2.28. The number of nitrogens with two attached hydrogens (primary N) is 1. The molecule has 2 aromatic carbocycles. The van der Waals surface area contributed by atoms with Crippen molar-refractivity contribution in [3.05, 3.63) is 53.6 Å². The third-order valence-electron chi connectivity index (χ3n) is 5.68. The Labute approximate surface area is 179 Å². The van der Waals surface area contributed by atoms with Gasteiger partial charge in [-0.15, -0.1) is 0 Å². The molecule has 2 aromatic rings. The van der Waals surface area contributed by atoms with E-state index >= 15 is 0 Å². The average molecular weight is 408 g/mol. The third-order valence-corrected chi connectivity index (χ3v) is 5.68. The summed E-state index contributed by atoms with van der Waals surface area (Å²) in [5.74, 6) is -0.294. The maximum absolute atomic E-state index is 13.0. The second-order valence-electron chi connectivity index (χ2n) is 8.37. The maximum Gasteiger partial charge on any atom is 0.248 e. The molecule has 0 spiro atoms. The van der Waals surface area contributed by atoms with Crippen molar-refractivity contribution in [3.8, 4) is 11.1 Å². The first-order valence-corrected chi connectivity index (χ1v) is 11.0. The molecule has 1 heterocycles. The van der Waals surface area contributed by atoms with Crippen LogP contribution in [0.4, 0.5) is 5.69 Å². The Hall–Kier alpha value is -2.66. The Morgan fingerprint density at radius 1 is 0.933 bits per heavy atom.